The van der Waals surface area contributed by atoms with E-state index in [9.17, 15) is 9.18 Å². The van der Waals surface area contributed by atoms with Crippen molar-refractivity contribution in [1.82, 2.24) is 0 Å². The highest BCUT2D eigenvalue weighted by Gasteiger charge is 2.24. The summed E-state index contributed by atoms with van der Waals surface area (Å²) in [4.78, 5) is 11.9. The standard InChI is InChI=1S/C14H27FO2S/c1-6-12(15)8-7-9-18-13(10(2)3)14(16)17-11(4)5/h10-13H,6-9H2,1-5H3. The van der Waals surface area contributed by atoms with Crippen LogP contribution in [0, 0.1) is 5.92 Å². The van der Waals surface area contributed by atoms with Crippen molar-refractivity contribution in [1.29, 1.82) is 0 Å². The highest BCUT2D eigenvalue weighted by Crippen LogP contribution is 2.23. The van der Waals surface area contributed by atoms with Gasteiger partial charge in [0.05, 0.1) is 12.3 Å². The summed E-state index contributed by atoms with van der Waals surface area (Å²) in [5, 5.41) is -0.132. The van der Waals surface area contributed by atoms with E-state index in [0.29, 0.717) is 12.8 Å². The Morgan fingerprint density at radius 2 is 1.89 bits per heavy atom. The van der Waals surface area contributed by atoms with Gasteiger partial charge in [-0.05, 0) is 44.8 Å². The second kappa shape index (κ2) is 9.65. The first kappa shape index (κ1) is 17.8. The van der Waals surface area contributed by atoms with Gasteiger partial charge in [-0.25, -0.2) is 4.39 Å². The number of alkyl halides is 1. The Morgan fingerprint density at radius 3 is 2.33 bits per heavy atom. The molecule has 2 unspecified atom stereocenters. The van der Waals surface area contributed by atoms with Crippen LogP contribution in [0.15, 0.2) is 0 Å². The molecule has 0 rings (SSSR count). The summed E-state index contributed by atoms with van der Waals surface area (Å²) in [6.45, 7) is 9.60. The zero-order valence-electron chi connectivity index (χ0n) is 12.2. The lowest BCUT2D eigenvalue weighted by Crippen LogP contribution is -2.28. The molecule has 2 nitrogen and oxygen atoms in total. The number of ether oxygens (including phenoxy) is 1. The number of rotatable bonds is 9. The molecule has 0 aliphatic carbocycles. The van der Waals surface area contributed by atoms with Crippen LogP contribution in [0.3, 0.4) is 0 Å². The van der Waals surface area contributed by atoms with Gasteiger partial charge in [-0.2, -0.15) is 0 Å². The van der Waals surface area contributed by atoms with Gasteiger partial charge in [-0.3, -0.25) is 4.79 Å². The minimum Gasteiger partial charge on any atom is -0.462 e. The zero-order chi connectivity index (χ0) is 14.1. The largest absolute Gasteiger partial charge is 0.462 e. The molecular formula is C14H27FO2S. The van der Waals surface area contributed by atoms with E-state index in [1.54, 1.807) is 11.8 Å². The third-order valence-electron chi connectivity index (χ3n) is 2.59. The highest BCUT2D eigenvalue weighted by molar-refractivity contribution is 8.00. The lowest BCUT2D eigenvalue weighted by molar-refractivity contribution is -0.147. The second-order valence-corrected chi connectivity index (χ2v) is 6.42. The number of esters is 1. The molecule has 0 aliphatic rings. The van der Waals surface area contributed by atoms with E-state index in [2.05, 4.69) is 0 Å². The Kier molecular flexibility index (Phi) is 9.52. The van der Waals surface area contributed by atoms with E-state index in [-0.39, 0.29) is 23.2 Å². The topological polar surface area (TPSA) is 26.3 Å². The molecule has 18 heavy (non-hydrogen) atoms. The van der Waals surface area contributed by atoms with Crippen LogP contribution in [0.25, 0.3) is 0 Å². The number of carbonyl (C=O) groups is 1. The molecule has 108 valence electrons. The highest BCUT2D eigenvalue weighted by atomic mass is 32.2. The molecule has 0 saturated carbocycles. The lowest BCUT2D eigenvalue weighted by atomic mass is 10.1. The van der Waals surface area contributed by atoms with Crippen LogP contribution in [0.5, 0.6) is 0 Å². The average molecular weight is 278 g/mol. The Morgan fingerprint density at radius 1 is 1.28 bits per heavy atom. The second-order valence-electron chi connectivity index (χ2n) is 5.17. The van der Waals surface area contributed by atoms with Gasteiger partial charge in [-0.15, -0.1) is 11.8 Å². The van der Waals surface area contributed by atoms with Gasteiger partial charge in [0.2, 0.25) is 0 Å². The molecule has 0 aromatic heterocycles. The first-order valence-electron chi connectivity index (χ1n) is 6.84. The van der Waals surface area contributed by atoms with Crippen molar-refractivity contribution in [2.45, 2.75) is 71.4 Å². The summed E-state index contributed by atoms with van der Waals surface area (Å²) in [7, 11) is 0. The minimum absolute atomic E-state index is 0.0744. The van der Waals surface area contributed by atoms with Crippen LogP contribution in [0.4, 0.5) is 4.39 Å². The van der Waals surface area contributed by atoms with Gasteiger partial charge in [0.25, 0.3) is 0 Å². The van der Waals surface area contributed by atoms with Crippen LogP contribution in [0.2, 0.25) is 0 Å². The van der Waals surface area contributed by atoms with E-state index in [1.807, 2.05) is 34.6 Å². The molecule has 0 fully saturated rings. The van der Waals surface area contributed by atoms with E-state index >= 15 is 0 Å². The molecule has 0 amide bonds. The first-order valence-corrected chi connectivity index (χ1v) is 7.89. The van der Waals surface area contributed by atoms with Crippen LogP contribution in [0.1, 0.15) is 53.9 Å². The summed E-state index contributed by atoms with van der Waals surface area (Å²) in [5.41, 5.74) is 0. The molecule has 2 atom stereocenters. The number of hydrogen-bond acceptors (Lipinski definition) is 3. The van der Waals surface area contributed by atoms with Gasteiger partial charge in [0.15, 0.2) is 0 Å². The van der Waals surface area contributed by atoms with Crippen molar-refractivity contribution >= 4 is 17.7 Å². The van der Waals surface area contributed by atoms with Crippen molar-refractivity contribution in [2.75, 3.05) is 5.75 Å². The fourth-order valence-corrected chi connectivity index (χ4v) is 2.72. The molecule has 0 aromatic carbocycles. The quantitative estimate of drug-likeness (QED) is 0.466. The van der Waals surface area contributed by atoms with Crippen LogP contribution < -0.4 is 0 Å². The van der Waals surface area contributed by atoms with Crippen molar-refractivity contribution in [3.05, 3.63) is 0 Å². The molecule has 0 N–H and O–H groups in total. The van der Waals surface area contributed by atoms with Crippen molar-refractivity contribution < 1.29 is 13.9 Å². The molecule has 0 spiro atoms. The average Bonchev–Trinajstić information content (AvgIpc) is 2.26. The third-order valence-corrected chi connectivity index (χ3v) is 4.21. The van der Waals surface area contributed by atoms with Gasteiger partial charge in [0.1, 0.15) is 5.25 Å². The van der Waals surface area contributed by atoms with Crippen molar-refractivity contribution in [2.24, 2.45) is 5.92 Å². The van der Waals surface area contributed by atoms with E-state index < -0.39 is 6.17 Å². The molecule has 4 heteroatoms. The van der Waals surface area contributed by atoms with Gasteiger partial charge in [0, 0.05) is 0 Å². The molecular weight excluding hydrogens is 251 g/mol. The predicted octanol–water partition coefficient (Wildman–Crippen LogP) is 4.22. The summed E-state index contributed by atoms with van der Waals surface area (Å²) in [5.74, 6) is 0.919. The third kappa shape index (κ3) is 7.96. The minimum atomic E-state index is -0.703. The lowest BCUT2D eigenvalue weighted by Gasteiger charge is -2.20. The predicted molar refractivity (Wildman–Crippen MR) is 76.7 cm³/mol. The van der Waals surface area contributed by atoms with Crippen molar-refractivity contribution in [3.8, 4) is 0 Å². The van der Waals surface area contributed by atoms with Crippen LogP contribution in [-0.2, 0) is 9.53 Å². The number of halogens is 1. The maximum absolute atomic E-state index is 13.0. The molecule has 0 saturated heterocycles. The summed E-state index contributed by atoms with van der Waals surface area (Å²) in [6.07, 6.45) is 1.21. The fourth-order valence-electron chi connectivity index (χ4n) is 1.55. The van der Waals surface area contributed by atoms with Crippen molar-refractivity contribution in [3.63, 3.8) is 0 Å². The summed E-state index contributed by atoms with van der Waals surface area (Å²) in [6, 6.07) is 0. The van der Waals surface area contributed by atoms with Crippen LogP contribution in [-0.4, -0.2) is 29.2 Å². The monoisotopic (exact) mass is 278 g/mol. The summed E-state index contributed by atoms with van der Waals surface area (Å²) >= 11 is 1.59. The van der Waals surface area contributed by atoms with Gasteiger partial charge >= 0.3 is 5.97 Å². The molecule has 0 aliphatic heterocycles. The Bertz CT molecular complexity index is 232. The van der Waals surface area contributed by atoms with E-state index in [4.69, 9.17) is 4.74 Å². The molecule has 0 heterocycles. The fraction of sp³-hybridized carbons (Fsp3) is 0.929. The summed E-state index contributed by atoms with van der Waals surface area (Å²) < 4.78 is 18.3. The van der Waals surface area contributed by atoms with Crippen LogP contribution >= 0.6 is 11.8 Å². The Balaban J connectivity index is 4.01. The molecule has 0 radical (unpaired) electrons. The van der Waals surface area contributed by atoms with Gasteiger partial charge in [-0.1, -0.05) is 20.8 Å². The Hall–Kier alpha value is -0.250. The SMILES string of the molecule is CCC(F)CCCSC(C(=O)OC(C)C)C(C)C. The van der Waals surface area contributed by atoms with E-state index in [0.717, 1.165) is 12.2 Å². The number of thioether (sulfide) groups is 1. The number of hydrogen-bond donors (Lipinski definition) is 0. The zero-order valence-corrected chi connectivity index (χ0v) is 13.1. The molecule has 0 bridgehead atoms. The maximum Gasteiger partial charge on any atom is 0.319 e. The van der Waals surface area contributed by atoms with Gasteiger partial charge < -0.3 is 4.74 Å². The normalized spacial score (nSPS) is 14.9. The molecule has 0 aromatic rings. The smallest absolute Gasteiger partial charge is 0.319 e. The number of carbonyl (C=O) groups excluding carboxylic acids is 1. The van der Waals surface area contributed by atoms with E-state index in [1.165, 1.54) is 0 Å². The first-order chi connectivity index (χ1) is 8.38. The Labute approximate surface area is 115 Å². The maximum atomic E-state index is 13.0.